The lowest BCUT2D eigenvalue weighted by atomic mass is 9.96. The van der Waals surface area contributed by atoms with E-state index in [4.69, 9.17) is 5.73 Å². The summed E-state index contributed by atoms with van der Waals surface area (Å²) in [4.78, 5) is 22.1. The summed E-state index contributed by atoms with van der Waals surface area (Å²) in [6.45, 7) is 11.8. The molecule has 6 heteroatoms. The number of hydrogen-bond donors (Lipinski definition) is 2. The molecule has 0 spiro atoms. The van der Waals surface area contributed by atoms with Crippen LogP contribution in [0.25, 0.3) is 0 Å². The molecule has 112 valence electrons. The molecule has 6 nitrogen and oxygen atoms in total. The number of nitrogens with one attached hydrogen (secondary N) is 1. The first kappa shape index (κ1) is 16.2. The van der Waals surface area contributed by atoms with Gasteiger partial charge in [0.15, 0.2) is 0 Å². The third-order valence-corrected chi connectivity index (χ3v) is 2.79. The van der Waals surface area contributed by atoms with Crippen LogP contribution in [-0.2, 0) is 10.2 Å². The van der Waals surface area contributed by atoms with Crippen LogP contribution in [0.2, 0.25) is 0 Å². The van der Waals surface area contributed by atoms with E-state index in [1.807, 2.05) is 24.8 Å². The Morgan fingerprint density at radius 2 is 2.00 bits per heavy atom. The molecule has 1 heterocycles. The molecule has 0 radical (unpaired) electrons. The van der Waals surface area contributed by atoms with Gasteiger partial charge >= 0.3 is 0 Å². The maximum atomic E-state index is 11.2. The zero-order valence-electron chi connectivity index (χ0n) is 13.0. The Morgan fingerprint density at radius 3 is 2.45 bits per heavy atom. The van der Waals surface area contributed by atoms with E-state index in [-0.39, 0.29) is 17.9 Å². The number of aromatic nitrogens is 2. The van der Waals surface area contributed by atoms with Gasteiger partial charge in [0, 0.05) is 24.6 Å². The normalized spacial score (nSPS) is 11.2. The summed E-state index contributed by atoms with van der Waals surface area (Å²) >= 11 is 0. The molecule has 0 aliphatic carbocycles. The molecule has 0 bridgehead atoms. The molecule has 0 aliphatic rings. The number of carbonyl (C=O) groups excluding carboxylic acids is 1. The van der Waals surface area contributed by atoms with Gasteiger partial charge in [-0.05, 0) is 13.8 Å². The van der Waals surface area contributed by atoms with Crippen molar-refractivity contribution in [3.8, 4) is 0 Å². The number of likely N-dealkylation sites (N-methyl/N-ethyl adjacent to an activating group) is 1. The van der Waals surface area contributed by atoms with Crippen molar-refractivity contribution < 1.29 is 4.79 Å². The van der Waals surface area contributed by atoms with E-state index in [0.717, 1.165) is 24.0 Å². The molecular formula is C14H25N5O. The largest absolute Gasteiger partial charge is 0.370 e. The number of nitrogens with zero attached hydrogens (tertiary/aromatic N) is 3. The molecule has 0 aliphatic heterocycles. The number of rotatable bonds is 6. The molecule has 1 aromatic heterocycles. The lowest BCUT2D eigenvalue weighted by Gasteiger charge is -2.24. The van der Waals surface area contributed by atoms with Crippen molar-refractivity contribution in [2.45, 2.75) is 40.0 Å². The molecule has 20 heavy (non-hydrogen) atoms. The maximum Gasteiger partial charge on any atom is 0.236 e. The summed E-state index contributed by atoms with van der Waals surface area (Å²) in [5.74, 6) is 1.87. The van der Waals surface area contributed by atoms with Gasteiger partial charge in [-0.15, -0.1) is 0 Å². The van der Waals surface area contributed by atoms with Crippen LogP contribution in [-0.4, -0.2) is 35.5 Å². The molecule has 0 atom stereocenters. The summed E-state index contributed by atoms with van der Waals surface area (Å²) in [6.07, 6.45) is 0. The summed E-state index contributed by atoms with van der Waals surface area (Å²) in [7, 11) is 0. The summed E-state index contributed by atoms with van der Waals surface area (Å²) in [6, 6.07) is 1.85. The fourth-order valence-electron chi connectivity index (χ4n) is 1.75. The lowest BCUT2D eigenvalue weighted by Crippen LogP contribution is -2.35. The molecular weight excluding hydrogens is 254 g/mol. The fraction of sp³-hybridized carbons (Fsp3) is 0.643. The van der Waals surface area contributed by atoms with Gasteiger partial charge in [-0.3, -0.25) is 4.79 Å². The molecule has 1 aromatic rings. The summed E-state index contributed by atoms with van der Waals surface area (Å²) < 4.78 is 0. The highest BCUT2D eigenvalue weighted by atomic mass is 16.1. The second-order valence-electron chi connectivity index (χ2n) is 5.70. The predicted octanol–water partition coefficient (Wildman–Crippen LogP) is 1.52. The lowest BCUT2D eigenvalue weighted by molar-refractivity contribution is -0.116. The van der Waals surface area contributed by atoms with Crippen LogP contribution in [0.5, 0.6) is 0 Å². The minimum atomic E-state index is -0.368. The van der Waals surface area contributed by atoms with Gasteiger partial charge in [-0.25, -0.2) is 9.97 Å². The van der Waals surface area contributed by atoms with Crippen LogP contribution < -0.4 is 16.0 Å². The van der Waals surface area contributed by atoms with Gasteiger partial charge in [0.2, 0.25) is 5.91 Å². The monoisotopic (exact) mass is 279 g/mol. The highest BCUT2D eigenvalue weighted by Gasteiger charge is 2.21. The zero-order valence-corrected chi connectivity index (χ0v) is 13.0. The SMILES string of the molecule is CCNc1cc(N(CC)CC(N)=O)nc(C(C)(C)C)n1. The molecule has 1 amide bonds. The van der Waals surface area contributed by atoms with Gasteiger partial charge in [0.05, 0.1) is 6.54 Å². The Kier molecular flexibility index (Phi) is 5.30. The van der Waals surface area contributed by atoms with E-state index >= 15 is 0 Å². The Labute approximate surface area is 120 Å². The third kappa shape index (κ3) is 4.36. The van der Waals surface area contributed by atoms with Crippen molar-refractivity contribution in [2.75, 3.05) is 29.9 Å². The van der Waals surface area contributed by atoms with E-state index in [9.17, 15) is 4.79 Å². The first-order chi connectivity index (χ1) is 9.27. The average Bonchev–Trinajstić information content (AvgIpc) is 2.34. The number of primary amides is 1. The van der Waals surface area contributed by atoms with Crippen molar-refractivity contribution >= 4 is 17.5 Å². The number of amides is 1. The van der Waals surface area contributed by atoms with Crippen molar-refractivity contribution in [3.05, 3.63) is 11.9 Å². The van der Waals surface area contributed by atoms with E-state index in [2.05, 4.69) is 36.1 Å². The van der Waals surface area contributed by atoms with E-state index in [0.29, 0.717) is 6.54 Å². The second-order valence-corrected chi connectivity index (χ2v) is 5.70. The molecule has 3 N–H and O–H groups in total. The summed E-state index contributed by atoms with van der Waals surface area (Å²) in [5, 5.41) is 3.20. The molecule has 0 aromatic carbocycles. The highest BCUT2D eigenvalue weighted by Crippen LogP contribution is 2.24. The Morgan fingerprint density at radius 1 is 1.35 bits per heavy atom. The predicted molar refractivity (Wildman–Crippen MR) is 82.0 cm³/mol. The minimum Gasteiger partial charge on any atom is -0.370 e. The van der Waals surface area contributed by atoms with Gasteiger partial charge in [0.1, 0.15) is 17.5 Å². The van der Waals surface area contributed by atoms with Crippen molar-refractivity contribution in [1.29, 1.82) is 0 Å². The third-order valence-electron chi connectivity index (χ3n) is 2.79. The second kappa shape index (κ2) is 6.54. The number of anilines is 2. The molecule has 0 saturated heterocycles. The first-order valence-electron chi connectivity index (χ1n) is 6.94. The van der Waals surface area contributed by atoms with Crippen LogP contribution in [0, 0.1) is 0 Å². The number of nitrogens with two attached hydrogens (primary N) is 1. The van der Waals surface area contributed by atoms with E-state index < -0.39 is 0 Å². The highest BCUT2D eigenvalue weighted by molar-refractivity contribution is 5.79. The standard InChI is InChI=1S/C14H25N5O/c1-6-16-11-8-12(19(7-2)9-10(15)20)18-13(17-11)14(3,4)5/h8H,6-7,9H2,1-5H3,(H2,15,20)(H,16,17,18). The topological polar surface area (TPSA) is 84.1 Å². The van der Waals surface area contributed by atoms with Crippen molar-refractivity contribution in [3.63, 3.8) is 0 Å². The van der Waals surface area contributed by atoms with Crippen LogP contribution in [0.3, 0.4) is 0 Å². The zero-order chi connectivity index (χ0) is 15.3. The summed E-state index contributed by atoms with van der Waals surface area (Å²) in [5.41, 5.74) is 5.13. The Hall–Kier alpha value is -1.85. The van der Waals surface area contributed by atoms with E-state index in [1.165, 1.54) is 0 Å². The number of hydrogen-bond acceptors (Lipinski definition) is 5. The fourth-order valence-corrected chi connectivity index (χ4v) is 1.75. The first-order valence-corrected chi connectivity index (χ1v) is 6.94. The van der Waals surface area contributed by atoms with E-state index in [1.54, 1.807) is 0 Å². The van der Waals surface area contributed by atoms with Gasteiger partial charge in [-0.2, -0.15) is 0 Å². The maximum absolute atomic E-state index is 11.2. The number of carbonyl (C=O) groups is 1. The van der Waals surface area contributed by atoms with Crippen LogP contribution in [0.4, 0.5) is 11.6 Å². The molecule has 0 unspecified atom stereocenters. The Bertz CT molecular complexity index is 467. The molecule has 0 fully saturated rings. The van der Waals surface area contributed by atoms with Gasteiger partial charge < -0.3 is 16.0 Å². The van der Waals surface area contributed by atoms with Crippen molar-refractivity contribution in [1.82, 2.24) is 9.97 Å². The molecule has 1 rings (SSSR count). The van der Waals surface area contributed by atoms with Crippen LogP contribution in [0.1, 0.15) is 40.4 Å². The van der Waals surface area contributed by atoms with Gasteiger partial charge in [0.25, 0.3) is 0 Å². The van der Waals surface area contributed by atoms with Crippen LogP contribution in [0.15, 0.2) is 6.07 Å². The smallest absolute Gasteiger partial charge is 0.236 e. The molecule has 0 saturated carbocycles. The average molecular weight is 279 g/mol. The minimum absolute atomic E-state index is 0.155. The van der Waals surface area contributed by atoms with Crippen LogP contribution >= 0.6 is 0 Å². The van der Waals surface area contributed by atoms with Crippen molar-refractivity contribution in [2.24, 2.45) is 5.73 Å². The quantitative estimate of drug-likeness (QED) is 0.824. The van der Waals surface area contributed by atoms with Gasteiger partial charge in [-0.1, -0.05) is 20.8 Å². The Balaban J connectivity index is 3.22.